The minimum Gasteiger partial charge on any atom is -0.506 e. The zero-order valence-electron chi connectivity index (χ0n) is 13.6. The monoisotopic (exact) mass is 343 g/mol. The number of anilines is 2. The van der Waals surface area contributed by atoms with E-state index < -0.39 is 0 Å². The summed E-state index contributed by atoms with van der Waals surface area (Å²) < 4.78 is 5.09. The lowest BCUT2D eigenvalue weighted by molar-refractivity contribution is 0.0531. The number of aromatic nitrogens is 2. The fraction of sp³-hybridized carbons (Fsp3) is 0.235. The average Bonchev–Trinajstić information content (AvgIpc) is 2.88. The van der Waals surface area contributed by atoms with E-state index in [1.807, 2.05) is 19.9 Å². The first-order chi connectivity index (χ1) is 11.5. The number of ether oxygens (including phenoxy) is 1. The van der Waals surface area contributed by atoms with Crippen LogP contribution in [0.15, 0.2) is 24.5 Å². The van der Waals surface area contributed by atoms with Gasteiger partial charge in [-0.05, 0) is 44.0 Å². The molecule has 0 aliphatic heterocycles. The van der Waals surface area contributed by atoms with E-state index >= 15 is 0 Å². The van der Waals surface area contributed by atoms with Crippen molar-refractivity contribution in [3.8, 4) is 5.75 Å². The number of rotatable bonds is 4. The molecule has 0 fully saturated rings. The smallest absolute Gasteiger partial charge is 0.348 e. The third kappa shape index (κ3) is 2.90. The Balaban J connectivity index is 2.07. The number of phenolic OH excluding ortho intramolecular Hbond substituents is 1. The van der Waals surface area contributed by atoms with E-state index in [1.165, 1.54) is 17.7 Å². The molecule has 7 heteroatoms. The predicted molar refractivity (Wildman–Crippen MR) is 94.2 cm³/mol. The number of benzene rings is 1. The molecule has 3 aromatic rings. The third-order valence-electron chi connectivity index (χ3n) is 3.59. The van der Waals surface area contributed by atoms with Crippen LogP contribution < -0.4 is 5.32 Å². The van der Waals surface area contributed by atoms with Crippen molar-refractivity contribution >= 4 is 39.0 Å². The molecule has 0 saturated heterocycles. The summed E-state index contributed by atoms with van der Waals surface area (Å²) in [6, 6.07) is 5.35. The second-order valence-electron chi connectivity index (χ2n) is 5.32. The van der Waals surface area contributed by atoms with Crippen LogP contribution in [0.5, 0.6) is 5.75 Å². The summed E-state index contributed by atoms with van der Waals surface area (Å²) in [7, 11) is 0. The Labute approximate surface area is 143 Å². The van der Waals surface area contributed by atoms with Crippen LogP contribution in [0, 0.1) is 13.8 Å². The van der Waals surface area contributed by atoms with Crippen LogP contribution in [0.3, 0.4) is 0 Å². The number of carbonyl (C=O) groups excluding carboxylic acids is 1. The summed E-state index contributed by atoms with van der Waals surface area (Å²) in [5.74, 6) is 0.325. The van der Waals surface area contributed by atoms with Gasteiger partial charge in [0.1, 0.15) is 27.6 Å². The first-order valence-corrected chi connectivity index (χ1v) is 8.30. The molecule has 2 heterocycles. The van der Waals surface area contributed by atoms with Gasteiger partial charge in [0.05, 0.1) is 17.7 Å². The highest BCUT2D eigenvalue weighted by Crippen LogP contribution is 2.36. The molecule has 0 unspecified atom stereocenters. The molecular formula is C17H17N3O3S. The van der Waals surface area contributed by atoms with E-state index in [0.717, 1.165) is 16.5 Å². The van der Waals surface area contributed by atoms with Crippen molar-refractivity contribution in [1.29, 1.82) is 0 Å². The highest BCUT2D eigenvalue weighted by atomic mass is 32.1. The zero-order chi connectivity index (χ0) is 17.3. The number of fused-ring (bicyclic) bond motifs is 1. The summed E-state index contributed by atoms with van der Waals surface area (Å²) in [6.45, 7) is 5.84. The normalized spacial score (nSPS) is 10.8. The number of esters is 1. The van der Waals surface area contributed by atoms with Crippen molar-refractivity contribution in [3.63, 3.8) is 0 Å². The fourth-order valence-electron chi connectivity index (χ4n) is 2.43. The minimum absolute atomic E-state index is 0.139. The van der Waals surface area contributed by atoms with Crippen LogP contribution >= 0.6 is 11.3 Å². The quantitative estimate of drug-likeness (QED) is 0.551. The van der Waals surface area contributed by atoms with Crippen LogP contribution in [0.2, 0.25) is 0 Å². The molecular weight excluding hydrogens is 326 g/mol. The number of nitrogens with zero attached hydrogens (tertiary/aromatic N) is 2. The van der Waals surface area contributed by atoms with Gasteiger partial charge in [-0.1, -0.05) is 6.07 Å². The number of hydrogen-bond donors (Lipinski definition) is 2. The first kappa shape index (κ1) is 16.2. The van der Waals surface area contributed by atoms with Crippen LogP contribution in [-0.4, -0.2) is 27.7 Å². The molecule has 0 spiro atoms. The highest BCUT2D eigenvalue weighted by molar-refractivity contribution is 7.20. The van der Waals surface area contributed by atoms with Gasteiger partial charge in [-0.25, -0.2) is 14.8 Å². The van der Waals surface area contributed by atoms with Gasteiger partial charge in [0.25, 0.3) is 0 Å². The van der Waals surface area contributed by atoms with Gasteiger partial charge in [-0.15, -0.1) is 11.3 Å². The maximum atomic E-state index is 12.1. The molecule has 3 rings (SSSR count). The van der Waals surface area contributed by atoms with Crippen molar-refractivity contribution in [2.24, 2.45) is 0 Å². The number of hydrogen-bond acceptors (Lipinski definition) is 7. The highest BCUT2D eigenvalue weighted by Gasteiger charge is 2.20. The molecule has 1 aromatic carbocycles. The SMILES string of the molecule is CCOC(=O)c1sc2ncnc(Nc3ccc(C)cc3O)c2c1C. The summed E-state index contributed by atoms with van der Waals surface area (Å²) in [5, 5.41) is 14.0. The molecule has 0 saturated carbocycles. The Bertz CT molecular complexity index is 921. The van der Waals surface area contributed by atoms with E-state index in [2.05, 4.69) is 15.3 Å². The van der Waals surface area contributed by atoms with Crippen molar-refractivity contribution in [1.82, 2.24) is 9.97 Å². The lowest BCUT2D eigenvalue weighted by Crippen LogP contribution is -2.03. The third-order valence-corrected chi connectivity index (χ3v) is 4.77. The number of carbonyl (C=O) groups is 1. The molecule has 0 bridgehead atoms. The lowest BCUT2D eigenvalue weighted by Gasteiger charge is -2.09. The van der Waals surface area contributed by atoms with Gasteiger partial charge in [-0.2, -0.15) is 0 Å². The Kier molecular flexibility index (Phi) is 4.35. The summed E-state index contributed by atoms with van der Waals surface area (Å²) in [4.78, 5) is 21.8. The molecule has 6 nitrogen and oxygen atoms in total. The van der Waals surface area contributed by atoms with Crippen molar-refractivity contribution in [3.05, 3.63) is 40.5 Å². The van der Waals surface area contributed by atoms with Crippen molar-refractivity contribution in [2.75, 3.05) is 11.9 Å². The average molecular weight is 343 g/mol. The van der Waals surface area contributed by atoms with Gasteiger partial charge < -0.3 is 15.2 Å². The summed E-state index contributed by atoms with van der Waals surface area (Å²) >= 11 is 1.28. The van der Waals surface area contributed by atoms with E-state index in [0.29, 0.717) is 27.8 Å². The largest absolute Gasteiger partial charge is 0.506 e. The molecule has 2 N–H and O–H groups in total. The number of nitrogens with one attached hydrogen (secondary N) is 1. The predicted octanol–water partition coefficient (Wildman–Crippen LogP) is 3.93. The van der Waals surface area contributed by atoms with Gasteiger partial charge in [-0.3, -0.25) is 0 Å². The molecule has 24 heavy (non-hydrogen) atoms. The van der Waals surface area contributed by atoms with Crippen LogP contribution in [0.4, 0.5) is 11.5 Å². The molecule has 2 aromatic heterocycles. The Morgan fingerprint density at radius 2 is 2.12 bits per heavy atom. The topological polar surface area (TPSA) is 84.3 Å². The van der Waals surface area contributed by atoms with Crippen molar-refractivity contribution in [2.45, 2.75) is 20.8 Å². The van der Waals surface area contributed by atoms with E-state index in [9.17, 15) is 9.90 Å². The maximum absolute atomic E-state index is 12.1. The Hall–Kier alpha value is -2.67. The van der Waals surface area contributed by atoms with Gasteiger partial charge in [0.2, 0.25) is 0 Å². The summed E-state index contributed by atoms with van der Waals surface area (Å²) in [6.07, 6.45) is 1.43. The van der Waals surface area contributed by atoms with Crippen LogP contribution in [-0.2, 0) is 4.74 Å². The van der Waals surface area contributed by atoms with E-state index in [4.69, 9.17) is 4.74 Å². The fourth-order valence-corrected chi connectivity index (χ4v) is 3.48. The van der Waals surface area contributed by atoms with Crippen molar-refractivity contribution < 1.29 is 14.6 Å². The first-order valence-electron chi connectivity index (χ1n) is 7.49. The van der Waals surface area contributed by atoms with Gasteiger partial charge in [0, 0.05) is 0 Å². The number of thiophene rings is 1. The maximum Gasteiger partial charge on any atom is 0.348 e. The number of aryl methyl sites for hydroxylation is 2. The van der Waals surface area contributed by atoms with Gasteiger partial charge in [0.15, 0.2) is 0 Å². The van der Waals surface area contributed by atoms with Crippen LogP contribution in [0.1, 0.15) is 27.7 Å². The Morgan fingerprint density at radius 3 is 2.83 bits per heavy atom. The van der Waals surface area contributed by atoms with Crippen LogP contribution in [0.25, 0.3) is 10.2 Å². The van der Waals surface area contributed by atoms with E-state index in [-0.39, 0.29) is 11.7 Å². The number of aromatic hydroxyl groups is 1. The number of phenols is 1. The second kappa shape index (κ2) is 6.45. The second-order valence-corrected chi connectivity index (χ2v) is 6.32. The molecule has 0 amide bonds. The molecule has 0 radical (unpaired) electrons. The Morgan fingerprint density at radius 1 is 1.33 bits per heavy atom. The molecule has 0 atom stereocenters. The molecule has 0 aliphatic rings. The minimum atomic E-state index is -0.359. The van der Waals surface area contributed by atoms with Gasteiger partial charge >= 0.3 is 5.97 Å². The molecule has 124 valence electrons. The van der Waals surface area contributed by atoms with E-state index in [1.54, 1.807) is 19.1 Å². The summed E-state index contributed by atoms with van der Waals surface area (Å²) in [5.41, 5.74) is 2.27. The standard InChI is InChI=1S/C17H17N3O3S/c1-4-23-17(22)14-10(3)13-15(18-8-19-16(13)24-14)20-11-6-5-9(2)7-12(11)21/h5-8,21H,4H2,1-3H3,(H,18,19,20). The zero-order valence-corrected chi connectivity index (χ0v) is 14.4. The molecule has 0 aliphatic carbocycles. The lowest BCUT2D eigenvalue weighted by atomic mass is 10.2.